The Morgan fingerprint density at radius 1 is 1.33 bits per heavy atom. The highest BCUT2D eigenvalue weighted by atomic mass is 16.5. The zero-order valence-corrected chi connectivity index (χ0v) is 11.1. The Bertz CT molecular complexity index is 273. The topological polar surface area (TPSA) is 67.6 Å². The van der Waals surface area contributed by atoms with Gasteiger partial charge in [-0.05, 0) is 38.6 Å². The first-order chi connectivity index (χ1) is 8.81. The van der Waals surface area contributed by atoms with Crippen LogP contribution < -0.4 is 11.3 Å². The molecule has 104 valence electrons. The van der Waals surface area contributed by atoms with E-state index in [1.54, 1.807) is 0 Å². The quantitative estimate of drug-likeness (QED) is 0.319. The Hall–Kier alpha value is -0.650. The fourth-order valence-electron chi connectivity index (χ4n) is 3.13. The van der Waals surface area contributed by atoms with Gasteiger partial charge >= 0.3 is 0 Å². The summed E-state index contributed by atoms with van der Waals surface area (Å²) >= 11 is 0. The van der Waals surface area contributed by atoms with Crippen LogP contribution in [0.15, 0.2) is 0 Å². The largest absolute Gasteiger partial charge is 0.375 e. The lowest BCUT2D eigenvalue weighted by Crippen LogP contribution is -2.48. The minimum atomic E-state index is -0.0581. The van der Waals surface area contributed by atoms with Crippen LogP contribution in [0.1, 0.15) is 44.9 Å². The molecule has 1 aliphatic carbocycles. The van der Waals surface area contributed by atoms with Crippen LogP contribution in [-0.2, 0) is 9.53 Å². The number of hydrogen-bond acceptors (Lipinski definition) is 4. The number of amides is 1. The molecule has 1 heterocycles. The van der Waals surface area contributed by atoms with Crippen molar-refractivity contribution < 1.29 is 9.53 Å². The van der Waals surface area contributed by atoms with E-state index in [0.717, 1.165) is 32.5 Å². The molecule has 1 aliphatic heterocycles. The van der Waals surface area contributed by atoms with Crippen molar-refractivity contribution in [1.82, 2.24) is 10.3 Å². The maximum Gasteiger partial charge on any atom is 0.233 e. The van der Waals surface area contributed by atoms with Crippen molar-refractivity contribution in [2.45, 2.75) is 57.1 Å². The molecule has 1 amide bonds. The molecule has 0 aromatic heterocycles. The van der Waals surface area contributed by atoms with Crippen molar-refractivity contribution in [2.24, 2.45) is 5.84 Å². The van der Waals surface area contributed by atoms with Crippen LogP contribution in [0.5, 0.6) is 0 Å². The lowest BCUT2D eigenvalue weighted by atomic mass is 10.1. The molecule has 5 nitrogen and oxygen atoms in total. The molecule has 1 saturated heterocycles. The number of unbranched alkanes of at least 4 members (excludes halogenated alkanes) is 2. The summed E-state index contributed by atoms with van der Waals surface area (Å²) < 4.78 is 5.80. The maximum absolute atomic E-state index is 11.0. The minimum Gasteiger partial charge on any atom is -0.375 e. The highest BCUT2D eigenvalue weighted by molar-refractivity contribution is 5.74. The average molecular weight is 255 g/mol. The Morgan fingerprint density at radius 3 is 3.06 bits per heavy atom. The summed E-state index contributed by atoms with van der Waals surface area (Å²) in [6.07, 6.45) is 8.07. The number of carbonyl (C=O) groups is 1. The standard InChI is InChI=1S/C13H25N3O2/c14-15-13(17)7-2-1-3-8-16-9-10-18-12-6-4-5-11(12)16/h11-12H,1-10,14H2,(H,15,17). The number of hydrazine groups is 1. The number of hydrogen-bond donors (Lipinski definition) is 2. The highest BCUT2D eigenvalue weighted by Gasteiger charge is 2.35. The summed E-state index contributed by atoms with van der Waals surface area (Å²) in [6, 6.07) is 0.658. The molecule has 2 atom stereocenters. The first kappa shape index (κ1) is 13.8. The third-order valence-corrected chi connectivity index (χ3v) is 4.11. The highest BCUT2D eigenvalue weighted by Crippen LogP contribution is 2.29. The van der Waals surface area contributed by atoms with Gasteiger partial charge < -0.3 is 4.74 Å². The normalized spacial score (nSPS) is 28.1. The van der Waals surface area contributed by atoms with Crippen LogP contribution in [0.4, 0.5) is 0 Å². The van der Waals surface area contributed by atoms with E-state index in [0.29, 0.717) is 18.6 Å². The fourth-order valence-corrected chi connectivity index (χ4v) is 3.13. The van der Waals surface area contributed by atoms with E-state index in [1.165, 1.54) is 25.7 Å². The SMILES string of the molecule is NNC(=O)CCCCCN1CCOC2CCCC21. The van der Waals surface area contributed by atoms with E-state index in [4.69, 9.17) is 10.6 Å². The van der Waals surface area contributed by atoms with Crippen LogP contribution in [0, 0.1) is 0 Å². The zero-order chi connectivity index (χ0) is 12.8. The molecule has 0 aromatic rings. The van der Waals surface area contributed by atoms with Gasteiger partial charge in [-0.15, -0.1) is 0 Å². The number of nitrogens with two attached hydrogens (primary N) is 1. The number of carbonyl (C=O) groups excluding carboxylic acids is 1. The number of morpholine rings is 1. The Balaban J connectivity index is 1.59. The van der Waals surface area contributed by atoms with Crippen molar-refractivity contribution in [1.29, 1.82) is 0 Å². The lowest BCUT2D eigenvalue weighted by molar-refractivity contribution is -0.121. The molecule has 18 heavy (non-hydrogen) atoms. The van der Waals surface area contributed by atoms with E-state index in [2.05, 4.69) is 10.3 Å². The predicted molar refractivity (Wildman–Crippen MR) is 69.8 cm³/mol. The number of nitrogens with one attached hydrogen (secondary N) is 1. The van der Waals surface area contributed by atoms with Gasteiger partial charge in [0.1, 0.15) is 0 Å². The Kier molecular flexibility index (Phi) is 5.41. The second-order valence-corrected chi connectivity index (χ2v) is 5.32. The fraction of sp³-hybridized carbons (Fsp3) is 0.923. The van der Waals surface area contributed by atoms with Crippen molar-refractivity contribution in [2.75, 3.05) is 19.7 Å². The second kappa shape index (κ2) is 7.07. The molecule has 2 aliphatic rings. The zero-order valence-electron chi connectivity index (χ0n) is 11.1. The van der Waals surface area contributed by atoms with Gasteiger partial charge in [0, 0.05) is 19.0 Å². The molecule has 0 bridgehead atoms. The molecule has 2 fully saturated rings. The van der Waals surface area contributed by atoms with Crippen LogP contribution in [0.25, 0.3) is 0 Å². The molecule has 0 aromatic carbocycles. The van der Waals surface area contributed by atoms with Crippen LogP contribution in [0.3, 0.4) is 0 Å². The summed E-state index contributed by atoms with van der Waals surface area (Å²) in [5.41, 5.74) is 2.17. The van der Waals surface area contributed by atoms with E-state index in [-0.39, 0.29) is 5.91 Å². The molecule has 3 N–H and O–H groups in total. The third-order valence-electron chi connectivity index (χ3n) is 4.11. The van der Waals surface area contributed by atoms with E-state index >= 15 is 0 Å². The monoisotopic (exact) mass is 255 g/mol. The Labute approximate surface area is 109 Å². The second-order valence-electron chi connectivity index (χ2n) is 5.32. The van der Waals surface area contributed by atoms with Crippen LogP contribution in [-0.4, -0.2) is 42.6 Å². The van der Waals surface area contributed by atoms with Crippen molar-refractivity contribution in [3.8, 4) is 0 Å². The van der Waals surface area contributed by atoms with Gasteiger partial charge in [0.15, 0.2) is 0 Å². The van der Waals surface area contributed by atoms with E-state index < -0.39 is 0 Å². The van der Waals surface area contributed by atoms with Gasteiger partial charge in [-0.25, -0.2) is 5.84 Å². The van der Waals surface area contributed by atoms with E-state index in [9.17, 15) is 4.79 Å². The van der Waals surface area contributed by atoms with Gasteiger partial charge in [-0.2, -0.15) is 0 Å². The number of nitrogens with zero attached hydrogens (tertiary/aromatic N) is 1. The van der Waals surface area contributed by atoms with Gasteiger partial charge in [-0.1, -0.05) is 6.42 Å². The number of rotatable bonds is 6. The Morgan fingerprint density at radius 2 is 2.22 bits per heavy atom. The molecule has 1 saturated carbocycles. The summed E-state index contributed by atoms with van der Waals surface area (Å²) in [4.78, 5) is 13.6. The molecular weight excluding hydrogens is 230 g/mol. The minimum absolute atomic E-state index is 0.0581. The number of ether oxygens (including phenoxy) is 1. The van der Waals surface area contributed by atoms with Crippen molar-refractivity contribution in [3.05, 3.63) is 0 Å². The van der Waals surface area contributed by atoms with Gasteiger partial charge in [0.05, 0.1) is 12.7 Å². The van der Waals surface area contributed by atoms with Gasteiger partial charge in [-0.3, -0.25) is 15.1 Å². The summed E-state index contributed by atoms with van der Waals surface area (Å²) in [5.74, 6) is 4.98. The first-order valence-corrected chi connectivity index (χ1v) is 7.16. The molecular formula is C13H25N3O2. The third kappa shape index (κ3) is 3.67. The first-order valence-electron chi connectivity index (χ1n) is 7.16. The van der Waals surface area contributed by atoms with Gasteiger partial charge in [0.2, 0.25) is 5.91 Å². The molecule has 0 spiro atoms. The van der Waals surface area contributed by atoms with Gasteiger partial charge in [0.25, 0.3) is 0 Å². The predicted octanol–water partition coefficient (Wildman–Crippen LogP) is 0.790. The van der Waals surface area contributed by atoms with Crippen molar-refractivity contribution in [3.63, 3.8) is 0 Å². The molecule has 2 unspecified atom stereocenters. The smallest absolute Gasteiger partial charge is 0.233 e. The van der Waals surface area contributed by atoms with Crippen LogP contribution >= 0.6 is 0 Å². The molecule has 0 radical (unpaired) electrons. The summed E-state index contributed by atoms with van der Waals surface area (Å²) in [7, 11) is 0. The van der Waals surface area contributed by atoms with Crippen LogP contribution in [0.2, 0.25) is 0 Å². The molecule has 5 heteroatoms. The summed E-state index contributed by atoms with van der Waals surface area (Å²) in [6.45, 7) is 3.11. The maximum atomic E-state index is 11.0. The molecule has 2 rings (SSSR count). The lowest BCUT2D eigenvalue weighted by Gasteiger charge is -2.37. The average Bonchev–Trinajstić information content (AvgIpc) is 2.87. The van der Waals surface area contributed by atoms with E-state index in [1.807, 2.05) is 0 Å². The summed E-state index contributed by atoms with van der Waals surface area (Å²) in [5, 5.41) is 0. The van der Waals surface area contributed by atoms with Crippen molar-refractivity contribution >= 4 is 5.91 Å². The number of fused-ring (bicyclic) bond motifs is 1.